The number of aromatic nitrogens is 1. The molecule has 0 saturated heterocycles. The van der Waals surface area contributed by atoms with Crippen molar-refractivity contribution in [3.05, 3.63) is 24.3 Å². The van der Waals surface area contributed by atoms with Crippen molar-refractivity contribution in [3.63, 3.8) is 0 Å². The fraction of sp³-hybridized carbons (Fsp3) is 0.526. The Morgan fingerprint density at radius 1 is 1.23 bits per heavy atom. The first kappa shape index (κ1) is 20.3. The van der Waals surface area contributed by atoms with Gasteiger partial charge in [-0.25, -0.2) is 4.98 Å². The second kappa shape index (κ2) is 10.2. The average molecular weight is 378 g/mol. The number of nitrogens with zero attached hydrogens (tertiary/aromatic N) is 1. The van der Waals surface area contributed by atoms with Crippen molar-refractivity contribution in [2.75, 3.05) is 12.4 Å². The Morgan fingerprint density at radius 3 is 2.73 bits per heavy atom. The molecule has 0 fully saturated rings. The summed E-state index contributed by atoms with van der Waals surface area (Å²) in [6.07, 6.45) is 3.13. The molecule has 0 spiro atoms. The van der Waals surface area contributed by atoms with Gasteiger partial charge in [-0.15, -0.1) is 0 Å². The lowest BCUT2D eigenvalue weighted by molar-refractivity contribution is -0.146. The van der Waals surface area contributed by atoms with Crippen LogP contribution in [0.15, 0.2) is 33.9 Å². The SMILES string of the molecule is CC(C)CCC[C@@H](C)NC(=O)COC(=O)CSc1nc2ccccc2o1. The molecular formula is C19H26N2O4S. The van der Waals surface area contributed by atoms with Gasteiger partial charge in [-0.05, 0) is 31.4 Å². The Balaban J connectivity index is 1.64. The van der Waals surface area contributed by atoms with Crippen LogP contribution in [0.4, 0.5) is 0 Å². The summed E-state index contributed by atoms with van der Waals surface area (Å²) in [6.45, 7) is 6.06. The summed E-state index contributed by atoms with van der Waals surface area (Å²) in [6, 6.07) is 7.47. The molecule has 1 aromatic heterocycles. The third-order valence-corrected chi connectivity index (χ3v) is 4.58. The molecule has 2 rings (SSSR count). The first-order chi connectivity index (χ1) is 12.4. The number of benzene rings is 1. The minimum atomic E-state index is -0.472. The van der Waals surface area contributed by atoms with Gasteiger partial charge in [0.05, 0.1) is 0 Å². The third kappa shape index (κ3) is 7.07. The van der Waals surface area contributed by atoms with Crippen molar-refractivity contribution >= 4 is 34.7 Å². The van der Waals surface area contributed by atoms with E-state index in [1.165, 1.54) is 0 Å². The summed E-state index contributed by atoms with van der Waals surface area (Å²) in [7, 11) is 0. The van der Waals surface area contributed by atoms with Crippen LogP contribution in [-0.4, -0.2) is 35.3 Å². The van der Waals surface area contributed by atoms with E-state index in [4.69, 9.17) is 9.15 Å². The van der Waals surface area contributed by atoms with E-state index >= 15 is 0 Å². The summed E-state index contributed by atoms with van der Waals surface area (Å²) < 4.78 is 10.5. The second-order valence-corrected chi connectivity index (χ2v) is 7.62. The van der Waals surface area contributed by atoms with Crippen LogP contribution >= 0.6 is 11.8 Å². The first-order valence-electron chi connectivity index (χ1n) is 8.87. The van der Waals surface area contributed by atoms with Gasteiger partial charge >= 0.3 is 5.97 Å². The van der Waals surface area contributed by atoms with E-state index < -0.39 is 5.97 Å². The molecule has 26 heavy (non-hydrogen) atoms. The van der Waals surface area contributed by atoms with E-state index in [2.05, 4.69) is 24.1 Å². The van der Waals surface area contributed by atoms with Gasteiger partial charge in [0.15, 0.2) is 12.2 Å². The summed E-state index contributed by atoms with van der Waals surface area (Å²) in [4.78, 5) is 27.9. The van der Waals surface area contributed by atoms with Crippen molar-refractivity contribution < 1.29 is 18.7 Å². The minimum absolute atomic E-state index is 0.0457. The number of ether oxygens (including phenoxy) is 1. The topological polar surface area (TPSA) is 81.4 Å². The number of fused-ring (bicyclic) bond motifs is 1. The zero-order valence-electron chi connectivity index (χ0n) is 15.5. The number of hydrogen-bond acceptors (Lipinski definition) is 6. The van der Waals surface area contributed by atoms with Gasteiger partial charge in [-0.2, -0.15) is 0 Å². The number of rotatable bonds is 10. The maximum absolute atomic E-state index is 11.8. The molecule has 1 amide bonds. The lowest BCUT2D eigenvalue weighted by Gasteiger charge is -2.14. The van der Waals surface area contributed by atoms with Gasteiger partial charge in [0.1, 0.15) is 11.3 Å². The third-order valence-electron chi connectivity index (χ3n) is 3.78. The van der Waals surface area contributed by atoms with Crippen LogP contribution in [0.5, 0.6) is 0 Å². The Bertz CT molecular complexity index is 696. The number of carbonyl (C=O) groups excluding carboxylic acids is 2. The standard InChI is InChI=1S/C19H26N2O4S/c1-13(2)7-6-8-14(3)20-17(22)11-24-18(23)12-26-19-21-15-9-4-5-10-16(15)25-19/h4-5,9-10,13-14H,6-8,11-12H2,1-3H3,(H,20,22)/t14-/m1/s1. The van der Waals surface area contributed by atoms with Crippen LogP contribution in [0.2, 0.25) is 0 Å². The largest absolute Gasteiger partial charge is 0.455 e. The highest BCUT2D eigenvalue weighted by molar-refractivity contribution is 7.99. The molecule has 0 saturated carbocycles. The van der Waals surface area contributed by atoms with E-state index in [0.717, 1.165) is 36.5 Å². The average Bonchev–Trinajstić information content (AvgIpc) is 3.00. The minimum Gasteiger partial charge on any atom is -0.455 e. The predicted octanol–water partition coefficient (Wildman–Crippen LogP) is 3.79. The monoisotopic (exact) mass is 378 g/mol. The Morgan fingerprint density at radius 2 is 2.00 bits per heavy atom. The smallest absolute Gasteiger partial charge is 0.316 e. The van der Waals surface area contributed by atoms with E-state index in [-0.39, 0.29) is 24.3 Å². The molecule has 0 unspecified atom stereocenters. The van der Waals surface area contributed by atoms with Crippen LogP contribution in [-0.2, 0) is 14.3 Å². The van der Waals surface area contributed by atoms with Gasteiger partial charge in [-0.1, -0.05) is 50.6 Å². The van der Waals surface area contributed by atoms with E-state index in [9.17, 15) is 9.59 Å². The van der Waals surface area contributed by atoms with E-state index in [1.807, 2.05) is 31.2 Å². The molecule has 142 valence electrons. The zero-order valence-corrected chi connectivity index (χ0v) is 16.3. The molecule has 7 heteroatoms. The lowest BCUT2D eigenvalue weighted by atomic mass is 10.0. The molecule has 1 N–H and O–H groups in total. The zero-order chi connectivity index (χ0) is 18.9. The number of para-hydroxylation sites is 2. The molecular weight excluding hydrogens is 352 g/mol. The predicted molar refractivity (Wildman–Crippen MR) is 102 cm³/mol. The van der Waals surface area contributed by atoms with Crippen LogP contribution in [0.1, 0.15) is 40.0 Å². The van der Waals surface area contributed by atoms with Crippen LogP contribution in [0.25, 0.3) is 11.1 Å². The highest BCUT2D eigenvalue weighted by atomic mass is 32.2. The van der Waals surface area contributed by atoms with E-state index in [1.54, 1.807) is 0 Å². The molecule has 0 aliphatic carbocycles. The van der Waals surface area contributed by atoms with Crippen LogP contribution < -0.4 is 5.32 Å². The van der Waals surface area contributed by atoms with E-state index in [0.29, 0.717) is 16.7 Å². The molecule has 2 aromatic rings. The number of esters is 1. The van der Waals surface area contributed by atoms with Gasteiger partial charge in [0.2, 0.25) is 0 Å². The Labute approximate surface area is 158 Å². The Hall–Kier alpha value is -2.02. The summed E-state index contributed by atoms with van der Waals surface area (Å²) >= 11 is 1.15. The molecule has 1 aromatic carbocycles. The Kier molecular flexibility index (Phi) is 7.97. The summed E-state index contributed by atoms with van der Waals surface area (Å²) in [5.74, 6) is -0.0379. The fourth-order valence-electron chi connectivity index (χ4n) is 2.44. The molecule has 0 radical (unpaired) electrons. The fourth-order valence-corrected chi connectivity index (χ4v) is 3.08. The number of nitrogens with one attached hydrogen (secondary N) is 1. The molecule has 1 heterocycles. The summed E-state index contributed by atoms with van der Waals surface area (Å²) in [5.41, 5.74) is 1.42. The quantitative estimate of drug-likeness (QED) is 0.500. The highest BCUT2D eigenvalue weighted by Gasteiger charge is 2.13. The summed E-state index contributed by atoms with van der Waals surface area (Å²) in [5, 5.41) is 3.26. The van der Waals surface area contributed by atoms with Gasteiger partial charge in [0, 0.05) is 6.04 Å². The van der Waals surface area contributed by atoms with Crippen molar-refractivity contribution in [1.82, 2.24) is 10.3 Å². The molecule has 0 aliphatic heterocycles. The van der Waals surface area contributed by atoms with Crippen LogP contribution in [0.3, 0.4) is 0 Å². The number of hydrogen-bond donors (Lipinski definition) is 1. The van der Waals surface area contributed by atoms with Gasteiger partial charge in [0.25, 0.3) is 11.1 Å². The van der Waals surface area contributed by atoms with Crippen LogP contribution in [0, 0.1) is 5.92 Å². The van der Waals surface area contributed by atoms with Crippen molar-refractivity contribution in [3.8, 4) is 0 Å². The normalized spacial score (nSPS) is 12.3. The van der Waals surface area contributed by atoms with Crippen molar-refractivity contribution in [2.24, 2.45) is 5.92 Å². The van der Waals surface area contributed by atoms with Crippen molar-refractivity contribution in [1.29, 1.82) is 0 Å². The highest BCUT2D eigenvalue weighted by Crippen LogP contribution is 2.23. The van der Waals surface area contributed by atoms with Gasteiger partial charge in [-0.3, -0.25) is 9.59 Å². The molecule has 0 aliphatic rings. The molecule has 1 atom stereocenters. The maximum atomic E-state index is 11.8. The van der Waals surface area contributed by atoms with Gasteiger partial charge < -0.3 is 14.5 Å². The van der Waals surface area contributed by atoms with Crippen molar-refractivity contribution in [2.45, 2.75) is 51.3 Å². The first-order valence-corrected chi connectivity index (χ1v) is 9.86. The number of oxazole rings is 1. The maximum Gasteiger partial charge on any atom is 0.316 e. The molecule has 0 bridgehead atoms. The number of thioether (sulfide) groups is 1. The lowest BCUT2D eigenvalue weighted by Crippen LogP contribution is -2.36. The second-order valence-electron chi connectivity index (χ2n) is 6.69. The molecule has 6 nitrogen and oxygen atoms in total. The number of amides is 1. The number of carbonyl (C=O) groups is 2.